The van der Waals surface area contributed by atoms with Gasteiger partial charge in [0.25, 0.3) is 5.91 Å². The Kier molecular flexibility index (Phi) is 5.89. The van der Waals surface area contributed by atoms with Crippen LogP contribution in [0.25, 0.3) is 22.2 Å². The number of piperazine rings is 1. The zero-order valence-electron chi connectivity index (χ0n) is 18.2. The van der Waals surface area contributed by atoms with Crippen LogP contribution in [0.2, 0.25) is 0 Å². The van der Waals surface area contributed by atoms with Crippen molar-refractivity contribution in [2.24, 2.45) is 0 Å². The van der Waals surface area contributed by atoms with Crippen LogP contribution >= 0.6 is 0 Å². The average Bonchev–Trinajstić information content (AvgIpc) is 2.78. The van der Waals surface area contributed by atoms with Crippen molar-refractivity contribution in [1.29, 1.82) is 0 Å². The molecule has 2 heterocycles. The van der Waals surface area contributed by atoms with E-state index in [0.29, 0.717) is 38.3 Å². The molecule has 0 unspecified atom stereocenters. The highest BCUT2D eigenvalue weighted by atomic mass is 16.6. The van der Waals surface area contributed by atoms with Crippen molar-refractivity contribution < 1.29 is 14.3 Å². The van der Waals surface area contributed by atoms with Crippen LogP contribution in [0.4, 0.5) is 4.79 Å². The van der Waals surface area contributed by atoms with Crippen molar-refractivity contribution in [2.75, 3.05) is 32.8 Å². The first-order chi connectivity index (χ1) is 15.0. The second-order valence-electron chi connectivity index (χ2n) is 7.87. The molecule has 1 saturated heterocycles. The molecule has 2 aromatic carbocycles. The van der Waals surface area contributed by atoms with Crippen LogP contribution in [-0.4, -0.2) is 59.6 Å². The van der Waals surface area contributed by atoms with Gasteiger partial charge in [0.15, 0.2) is 0 Å². The topological polar surface area (TPSA) is 62.7 Å². The molecule has 1 fully saturated rings. The standard InChI is InChI=1S/C25H27N3O3/c1-4-31-25(30)28-13-11-27(12-14-28)24(29)21-16-23(19-10-9-17(2)15-18(19)3)26-22-8-6-5-7-20(21)22/h5-10,15-16H,4,11-14H2,1-3H3. The maximum absolute atomic E-state index is 13.5. The van der Waals surface area contributed by atoms with Crippen molar-refractivity contribution in [1.82, 2.24) is 14.8 Å². The van der Waals surface area contributed by atoms with Gasteiger partial charge in [0.2, 0.25) is 0 Å². The van der Waals surface area contributed by atoms with Crippen LogP contribution in [0.3, 0.4) is 0 Å². The Morgan fingerprint density at radius 3 is 2.39 bits per heavy atom. The van der Waals surface area contributed by atoms with Gasteiger partial charge in [0.1, 0.15) is 0 Å². The lowest BCUT2D eigenvalue weighted by Gasteiger charge is -2.34. The zero-order valence-corrected chi connectivity index (χ0v) is 18.2. The number of aryl methyl sites for hydroxylation is 2. The molecular formula is C25H27N3O3. The molecule has 31 heavy (non-hydrogen) atoms. The Hall–Kier alpha value is -3.41. The van der Waals surface area contributed by atoms with Crippen LogP contribution in [0, 0.1) is 13.8 Å². The van der Waals surface area contributed by atoms with E-state index in [9.17, 15) is 9.59 Å². The first kappa shape index (κ1) is 20.8. The quantitative estimate of drug-likeness (QED) is 0.632. The molecule has 1 aliphatic rings. The fourth-order valence-electron chi connectivity index (χ4n) is 4.07. The molecule has 4 rings (SSSR count). The summed E-state index contributed by atoms with van der Waals surface area (Å²) in [7, 11) is 0. The van der Waals surface area contributed by atoms with Gasteiger partial charge in [-0.05, 0) is 38.5 Å². The number of amides is 2. The molecule has 0 atom stereocenters. The van der Waals surface area contributed by atoms with Gasteiger partial charge < -0.3 is 14.5 Å². The fourth-order valence-corrected chi connectivity index (χ4v) is 4.07. The number of rotatable bonds is 3. The van der Waals surface area contributed by atoms with E-state index in [1.165, 1.54) is 5.56 Å². The number of fused-ring (bicyclic) bond motifs is 1. The number of para-hydroxylation sites is 1. The van der Waals surface area contributed by atoms with Crippen LogP contribution in [-0.2, 0) is 4.74 Å². The van der Waals surface area contributed by atoms with Crippen molar-refractivity contribution in [3.05, 3.63) is 65.2 Å². The largest absolute Gasteiger partial charge is 0.450 e. The Morgan fingerprint density at radius 1 is 0.968 bits per heavy atom. The Bertz CT molecular complexity index is 1130. The third-order valence-electron chi connectivity index (χ3n) is 5.70. The Balaban J connectivity index is 1.67. The molecule has 0 spiro atoms. The number of carbonyl (C=O) groups is 2. The summed E-state index contributed by atoms with van der Waals surface area (Å²) in [6, 6.07) is 15.9. The summed E-state index contributed by atoms with van der Waals surface area (Å²) in [5, 5.41) is 0.842. The first-order valence-electron chi connectivity index (χ1n) is 10.7. The summed E-state index contributed by atoms with van der Waals surface area (Å²) in [6.45, 7) is 8.17. The summed E-state index contributed by atoms with van der Waals surface area (Å²) >= 11 is 0. The third kappa shape index (κ3) is 4.24. The minimum atomic E-state index is -0.318. The molecule has 1 aliphatic heterocycles. The lowest BCUT2D eigenvalue weighted by atomic mass is 9.99. The van der Waals surface area contributed by atoms with Gasteiger partial charge in [-0.15, -0.1) is 0 Å². The molecule has 0 bridgehead atoms. The molecule has 1 aromatic heterocycles. The lowest BCUT2D eigenvalue weighted by molar-refractivity contribution is 0.0572. The van der Waals surface area contributed by atoms with E-state index in [4.69, 9.17) is 9.72 Å². The molecule has 6 heteroatoms. The average molecular weight is 418 g/mol. The summed E-state index contributed by atoms with van der Waals surface area (Å²) in [4.78, 5) is 33.8. The predicted octanol–water partition coefficient (Wildman–Crippen LogP) is 4.43. The number of benzene rings is 2. The molecule has 0 aliphatic carbocycles. The summed E-state index contributed by atoms with van der Waals surface area (Å²) < 4.78 is 5.08. The second kappa shape index (κ2) is 8.76. The van der Waals surface area contributed by atoms with Crippen LogP contribution in [0.5, 0.6) is 0 Å². The van der Waals surface area contributed by atoms with Gasteiger partial charge in [-0.25, -0.2) is 9.78 Å². The Morgan fingerprint density at radius 2 is 1.68 bits per heavy atom. The number of pyridine rings is 1. The lowest BCUT2D eigenvalue weighted by Crippen LogP contribution is -2.50. The van der Waals surface area contributed by atoms with E-state index in [-0.39, 0.29) is 12.0 Å². The smallest absolute Gasteiger partial charge is 0.409 e. The minimum absolute atomic E-state index is 0.0341. The van der Waals surface area contributed by atoms with Gasteiger partial charge >= 0.3 is 6.09 Å². The van der Waals surface area contributed by atoms with E-state index in [1.807, 2.05) is 35.2 Å². The number of hydrogen-bond donors (Lipinski definition) is 0. The number of ether oxygens (including phenoxy) is 1. The number of nitrogens with zero attached hydrogens (tertiary/aromatic N) is 3. The van der Waals surface area contributed by atoms with Crippen molar-refractivity contribution in [3.63, 3.8) is 0 Å². The van der Waals surface area contributed by atoms with Gasteiger partial charge in [-0.1, -0.05) is 42.0 Å². The van der Waals surface area contributed by atoms with E-state index in [2.05, 4.69) is 32.0 Å². The third-order valence-corrected chi connectivity index (χ3v) is 5.70. The highest BCUT2D eigenvalue weighted by Gasteiger charge is 2.27. The molecule has 3 aromatic rings. The maximum atomic E-state index is 13.5. The summed E-state index contributed by atoms with van der Waals surface area (Å²) in [5.41, 5.74) is 5.59. The highest BCUT2D eigenvalue weighted by Crippen LogP contribution is 2.28. The fraction of sp³-hybridized carbons (Fsp3) is 0.320. The SMILES string of the molecule is CCOC(=O)N1CCN(C(=O)c2cc(-c3ccc(C)cc3C)nc3ccccc23)CC1. The normalized spacial score (nSPS) is 14.0. The van der Waals surface area contributed by atoms with Gasteiger partial charge in [0.05, 0.1) is 23.4 Å². The highest BCUT2D eigenvalue weighted by molar-refractivity contribution is 6.07. The van der Waals surface area contributed by atoms with E-state index in [1.54, 1.807) is 11.8 Å². The van der Waals surface area contributed by atoms with Crippen LogP contribution in [0.15, 0.2) is 48.5 Å². The van der Waals surface area contributed by atoms with Crippen LogP contribution < -0.4 is 0 Å². The van der Waals surface area contributed by atoms with Gasteiger partial charge in [-0.3, -0.25) is 4.79 Å². The predicted molar refractivity (Wildman–Crippen MR) is 121 cm³/mol. The van der Waals surface area contributed by atoms with Crippen LogP contribution in [0.1, 0.15) is 28.4 Å². The number of aromatic nitrogens is 1. The minimum Gasteiger partial charge on any atom is -0.450 e. The summed E-state index contributed by atoms with van der Waals surface area (Å²) in [5.74, 6) is -0.0341. The van der Waals surface area contributed by atoms with E-state index < -0.39 is 0 Å². The molecule has 6 nitrogen and oxygen atoms in total. The molecular weight excluding hydrogens is 390 g/mol. The molecule has 2 amide bonds. The monoisotopic (exact) mass is 417 g/mol. The van der Waals surface area contributed by atoms with Crippen molar-refractivity contribution >= 4 is 22.9 Å². The number of carbonyl (C=O) groups excluding carboxylic acids is 2. The summed E-state index contributed by atoms with van der Waals surface area (Å²) in [6.07, 6.45) is -0.318. The maximum Gasteiger partial charge on any atom is 0.409 e. The van der Waals surface area contributed by atoms with Gasteiger partial charge in [0, 0.05) is 37.1 Å². The Labute approximate surface area is 182 Å². The van der Waals surface area contributed by atoms with Gasteiger partial charge in [-0.2, -0.15) is 0 Å². The first-order valence-corrected chi connectivity index (χ1v) is 10.7. The molecule has 0 N–H and O–H groups in total. The number of hydrogen-bond acceptors (Lipinski definition) is 4. The van der Waals surface area contributed by atoms with E-state index in [0.717, 1.165) is 27.7 Å². The molecule has 160 valence electrons. The van der Waals surface area contributed by atoms with Crippen molar-refractivity contribution in [2.45, 2.75) is 20.8 Å². The van der Waals surface area contributed by atoms with Crippen molar-refractivity contribution in [3.8, 4) is 11.3 Å². The second-order valence-corrected chi connectivity index (χ2v) is 7.87. The molecule has 0 radical (unpaired) electrons. The zero-order chi connectivity index (χ0) is 22.0. The van der Waals surface area contributed by atoms with E-state index >= 15 is 0 Å². The molecule has 0 saturated carbocycles.